The lowest BCUT2D eigenvalue weighted by Gasteiger charge is -2.03. The van der Waals surface area contributed by atoms with E-state index in [0.717, 1.165) is 26.1 Å². The first-order valence-electron chi connectivity index (χ1n) is 11.1. The van der Waals surface area contributed by atoms with Gasteiger partial charge in [-0.1, -0.05) is 90.4 Å². The molecule has 0 aliphatic carbocycles. The summed E-state index contributed by atoms with van der Waals surface area (Å²) >= 11 is 3.37. The van der Waals surface area contributed by atoms with Crippen LogP contribution in [-0.2, 0) is 27.1 Å². The van der Waals surface area contributed by atoms with Crippen molar-refractivity contribution < 1.29 is 14.2 Å². The molecule has 1 unspecified atom stereocenters. The highest BCUT2D eigenvalue weighted by molar-refractivity contribution is 9.09. The van der Waals surface area contributed by atoms with E-state index in [1.54, 1.807) is 0 Å². The number of halogens is 1. The molecule has 0 N–H and O–H groups in total. The largest absolute Gasteiger partial charge is 0.379 e. The molecule has 170 valence electrons. The summed E-state index contributed by atoms with van der Waals surface area (Å²) in [6.07, 6.45) is 3.48. The average molecular weight is 482 g/mol. The van der Waals surface area contributed by atoms with Gasteiger partial charge in [-0.25, -0.2) is 0 Å². The Labute approximate surface area is 193 Å². The van der Waals surface area contributed by atoms with Gasteiger partial charge in [0.15, 0.2) is 0 Å². The van der Waals surface area contributed by atoms with Crippen LogP contribution < -0.4 is 0 Å². The normalized spacial score (nSPS) is 11.0. The minimum atomic E-state index is 0.668. The van der Waals surface area contributed by atoms with Gasteiger partial charge in [0, 0.05) is 18.0 Å². The smallest absolute Gasteiger partial charge is 0.0701 e. The van der Waals surface area contributed by atoms with E-state index in [4.69, 9.17) is 14.2 Å². The van der Waals surface area contributed by atoms with Crippen LogP contribution in [0.2, 0.25) is 0 Å². The Morgan fingerprint density at radius 2 is 0.967 bits per heavy atom. The molecule has 0 saturated heterocycles. The highest BCUT2D eigenvalue weighted by Crippen LogP contribution is 2.06. The quantitative estimate of drug-likeness (QED) is 0.249. The zero-order chi connectivity index (χ0) is 22.3. The molecular formula is C26H41BrO3. The fourth-order valence-electron chi connectivity index (χ4n) is 2.20. The lowest BCUT2D eigenvalue weighted by Crippen LogP contribution is -2.08. The number of aryl methyl sites for hydroxylation is 2. The summed E-state index contributed by atoms with van der Waals surface area (Å²) in [7, 11) is 0. The number of rotatable bonds is 12. The van der Waals surface area contributed by atoms with Crippen molar-refractivity contribution in [2.45, 2.75) is 51.8 Å². The lowest BCUT2D eigenvalue weighted by atomic mass is 10.0. The second-order valence-electron chi connectivity index (χ2n) is 6.67. The minimum absolute atomic E-state index is 0.668. The lowest BCUT2D eigenvalue weighted by molar-refractivity contribution is 0.0195. The van der Waals surface area contributed by atoms with Gasteiger partial charge in [-0.2, -0.15) is 0 Å². The highest BCUT2D eigenvalue weighted by Gasteiger charge is 1.93. The summed E-state index contributed by atoms with van der Waals surface area (Å²) in [5.41, 5.74) is 2.83. The molecule has 2 aromatic rings. The molecule has 0 spiro atoms. The van der Waals surface area contributed by atoms with Crippen LogP contribution in [0.5, 0.6) is 0 Å². The van der Waals surface area contributed by atoms with Crippen molar-refractivity contribution in [2.75, 3.05) is 39.6 Å². The Morgan fingerprint density at radius 3 is 1.27 bits per heavy atom. The van der Waals surface area contributed by atoms with Gasteiger partial charge in [0.25, 0.3) is 0 Å². The summed E-state index contributed by atoms with van der Waals surface area (Å²) < 4.78 is 15.3. The molecule has 0 amide bonds. The van der Waals surface area contributed by atoms with E-state index in [1.807, 2.05) is 13.8 Å². The van der Waals surface area contributed by atoms with Crippen molar-refractivity contribution in [3.05, 3.63) is 71.8 Å². The molecule has 0 bridgehead atoms. The fourth-order valence-corrected chi connectivity index (χ4v) is 2.20. The first-order chi connectivity index (χ1) is 14.6. The molecule has 0 radical (unpaired) electrons. The Balaban J connectivity index is 0.000000471. The van der Waals surface area contributed by atoms with E-state index in [1.165, 1.54) is 17.5 Å². The molecule has 3 nitrogen and oxygen atoms in total. The van der Waals surface area contributed by atoms with E-state index >= 15 is 0 Å². The molecule has 0 heterocycles. The molecule has 0 aliphatic heterocycles. The minimum Gasteiger partial charge on any atom is -0.379 e. The fraction of sp³-hybridized carbons (Fsp3) is 0.538. The maximum atomic E-state index is 5.19. The third-order valence-corrected chi connectivity index (χ3v) is 4.75. The first kappa shape index (κ1) is 28.8. The average Bonchev–Trinajstić information content (AvgIpc) is 2.79. The summed E-state index contributed by atoms with van der Waals surface area (Å²) in [4.78, 5) is 0.697. The number of alkyl halides is 1. The van der Waals surface area contributed by atoms with Crippen LogP contribution in [0.4, 0.5) is 0 Å². The van der Waals surface area contributed by atoms with Crippen molar-refractivity contribution in [1.29, 1.82) is 0 Å². The van der Waals surface area contributed by atoms with Gasteiger partial charge in [-0.15, -0.1) is 0 Å². The topological polar surface area (TPSA) is 27.7 Å². The summed E-state index contributed by atoms with van der Waals surface area (Å²) in [5, 5.41) is 0. The van der Waals surface area contributed by atoms with E-state index in [0.29, 0.717) is 31.3 Å². The zero-order valence-electron chi connectivity index (χ0n) is 19.3. The Bertz CT molecular complexity index is 514. The van der Waals surface area contributed by atoms with Crippen LogP contribution in [0.1, 0.15) is 45.2 Å². The van der Waals surface area contributed by atoms with Crippen molar-refractivity contribution in [3.63, 3.8) is 0 Å². The Morgan fingerprint density at radius 1 is 0.633 bits per heavy atom. The van der Waals surface area contributed by atoms with E-state index in [9.17, 15) is 0 Å². The van der Waals surface area contributed by atoms with Crippen molar-refractivity contribution in [1.82, 2.24) is 0 Å². The summed E-state index contributed by atoms with van der Waals surface area (Å²) in [5.74, 6) is 0. The van der Waals surface area contributed by atoms with E-state index in [2.05, 4.69) is 90.4 Å². The van der Waals surface area contributed by atoms with Gasteiger partial charge in [0.2, 0.25) is 0 Å². The van der Waals surface area contributed by atoms with Gasteiger partial charge in [-0.05, 0) is 44.2 Å². The van der Waals surface area contributed by atoms with Gasteiger partial charge >= 0.3 is 0 Å². The van der Waals surface area contributed by atoms with Crippen molar-refractivity contribution in [3.8, 4) is 0 Å². The number of benzene rings is 2. The van der Waals surface area contributed by atoms with Gasteiger partial charge in [-0.3, -0.25) is 0 Å². The van der Waals surface area contributed by atoms with Crippen LogP contribution >= 0.6 is 15.9 Å². The van der Waals surface area contributed by atoms with Crippen molar-refractivity contribution >= 4 is 15.9 Å². The molecule has 2 rings (SSSR count). The Hall–Kier alpha value is -1.20. The highest BCUT2D eigenvalue weighted by atomic mass is 79.9. The third kappa shape index (κ3) is 20.1. The SMILES string of the molecule is CCC(C)Br.CCOCCOCCOCC.c1ccc(CCc2ccccc2)cc1. The predicted octanol–water partition coefficient (Wildman–Crippen LogP) is 6.73. The van der Waals surface area contributed by atoms with Crippen LogP contribution in [0.25, 0.3) is 0 Å². The molecule has 0 saturated carbocycles. The van der Waals surface area contributed by atoms with Gasteiger partial charge < -0.3 is 14.2 Å². The monoisotopic (exact) mass is 480 g/mol. The maximum absolute atomic E-state index is 5.19. The van der Waals surface area contributed by atoms with Crippen LogP contribution in [0, 0.1) is 0 Å². The standard InChI is InChI=1S/C14H14.C8H18O3.C4H9Br/c1-3-7-13(8-4-1)11-12-14-9-5-2-6-10-14;1-3-9-5-7-11-8-6-10-4-2;1-3-4(2)5/h1-10H,11-12H2;3-8H2,1-2H3;4H,3H2,1-2H3. The first-order valence-corrected chi connectivity index (χ1v) is 12.0. The molecule has 0 aliphatic rings. The van der Waals surface area contributed by atoms with E-state index < -0.39 is 0 Å². The van der Waals surface area contributed by atoms with Crippen molar-refractivity contribution in [2.24, 2.45) is 0 Å². The van der Waals surface area contributed by atoms with Crippen LogP contribution in [0.15, 0.2) is 60.7 Å². The summed E-state index contributed by atoms with van der Waals surface area (Å²) in [6.45, 7) is 12.5. The Kier molecular flexibility index (Phi) is 21.6. The van der Waals surface area contributed by atoms with Crippen LogP contribution in [0.3, 0.4) is 0 Å². The summed E-state index contributed by atoms with van der Waals surface area (Å²) in [6, 6.07) is 21.2. The second kappa shape index (κ2) is 22.5. The van der Waals surface area contributed by atoms with Gasteiger partial charge in [0.05, 0.1) is 26.4 Å². The predicted molar refractivity (Wildman–Crippen MR) is 133 cm³/mol. The molecule has 0 aromatic heterocycles. The van der Waals surface area contributed by atoms with Crippen LogP contribution in [-0.4, -0.2) is 44.5 Å². The second-order valence-corrected chi connectivity index (χ2v) is 8.23. The zero-order valence-corrected chi connectivity index (χ0v) is 20.9. The molecule has 2 aromatic carbocycles. The maximum Gasteiger partial charge on any atom is 0.0701 e. The number of hydrogen-bond acceptors (Lipinski definition) is 3. The third-order valence-electron chi connectivity index (χ3n) is 4.10. The van der Waals surface area contributed by atoms with E-state index in [-0.39, 0.29) is 0 Å². The number of hydrogen-bond donors (Lipinski definition) is 0. The number of ether oxygens (including phenoxy) is 3. The van der Waals surface area contributed by atoms with Gasteiger partial charge in [0.1, 0.15) is 0 Å². The molecule has 4 heteroatoms. The molecular weight excluding hydrogens is 440 g/mol. The molecule has 1 atom stereocenters. The molecule has 30 heavy (non-hydrogen) atoms. The molecule has 0 fully saturated rings.